The molecule has 0 aromatic heterocycles. The summed E-state index contributed by atoms with van der Waals surface area (Å²) in [5.74, 6) is -0.143. The molecule has 0 radical (unpaired) electrons. The molecular formula is C27H58N10O4. The zero-order valence-corrected chi connectivity index (χ0v) is 25.1. The summed E-state index contributed by atoms with van der Waals surface area (Å²) in [6.45, 7) is 7.45. The van der Waals surface area contributed by atoms with Gasteiger partial charge in [0.1, 0.15) is 0 Å². The minimum atomic E-state index is -0.0358. The number of nitrogens with two attached hydrogens (primary N) is 4. The highest BCUT2D eigenvalue weighted by Gasteiger charge is 2.12. The number of rotatable bonds is 28. The first-order chi connectivity index (χ1) is 19.9. The normalized spacial score (nSPS) is 11.1. The lowest BCUT2D eigenvalue weighted by molar-refractivity contribution is -0.123. The molecule has 14 nitrogen and oxygen atoms in total. The molecule has 0 aromatic carbocycles. The average Bonchev–Trinajstić information content (AvgIpc) is 2.97. The molecule has 0 atom stereocenters. The van der Waals surface area contributed by atoms with Crippen molar-refractivity contribution in [1.29, 1.82) is 0 Å². The fourth-order valence-corrected chi connectivity index (χ4v) is 4.11. The Bertz CT molecular complexity index is 595. The van der Waals surface area contributed by atoms with Crippen molar-refractivity contribution in [2.24, 2.45) is 22.9 Å². The molecule has 12 N–H and O–H groups in total. The Morgan fingerprint density at radius 3 is 0.878 bits per heavy atom. The van der Waals surface area contributed by atoms with Gasteiger partial charge in [0.15, 0.2) is 0 Å². The van der Waals surface area contributed by atoms with Crippen LogP contribution < -0.4 is 44.2 Å². The van der Waals surface area contributed by atoms with Crippen LogP contribution in [0.2, 0.25) is 0 Å². The van der Waals surface area contributed by atoms with Crippen LogP contribution in [0.3, 0.4) is 0 Å². The van der Waals surface area contributed by atoms with E-state index in [0.717, 1.165) is 45.2 Å². The Kier molecular flexibility index (Phi) is 26.2. The summed E-state index contributed by atoms with van der Waals surface area (Å²) in [6, 6.07) is 0. The van der Waals surface area contributed by atoms with Crippen LogP contribution in [0.25, 0.3) is 0 Å². The van der Waals surface area contributed by atoms with Crippen molar-refractivity contribution < 1.29 is 19.2 Å². The van der Waals surface area contributed by atoms with Gasteiger partial charge in [-0.2, -0.15) is 0 Å². The maximum atomic E-state index is 12.0. The van der Waals surface area contributed by atoms with Gasteiger partial charge < -0.3 is 54.0 Å². The smallest absolute Gasteiger partial charge is 0.221 e. The zero-order valence-electron chi connectivity index (χ0n) is 25.1. The summed E-state index contributed by atoms with van der Waals surface area (Å²) in [5.41, 5.74) is 21.8. The number of nitrogens with one attached hydrogen (secondary N) is 4. The minimum absolute atomic E-state index is 0.0358. The second-order valence-corrected chi connectivity index (χ2v) is 10.0. The number of hydrogen-bond acceptors (Lipinski definition) is 10. The van der Waals surface area contributed by atoms with Gasteiger partial charge in [0.25, 0.3) is 0 Å². The predicted molar refractivity (Wildman–Crippen MR) is 163 cm³/mol. The third-order valence-electron chi connectivity index (χ3n) is 6.44. The van der Waals surface area contributed by atoms with Gasteiger partial charge >= 0.3 is 0 Å². The van der Waals surface area contributed by atoms with E-state index >= 15 is 0 Å². The molecule has 0 rings (SSSR count). The Morgan fingerprint density at radius 2 is 0.634 bits per heavy atom. The van der Waals surface area contributed by atoms with E-state index in [1.165, 1.54) is 0 Å². The van der Waals surface area contributed by atoms with E-state index in [9.17, 15) is 19.2 Å². The number of nitrogens with zero attached hydrogens (tertiary/aromatic N) is 2. The number of unbranched alkanes of at least 4 members (excludes halogenated alkanes) is 4. The predicted octanol–water partition coefficient (Wildman–Crippen LogP) is -2.60. The molecule has 0 aromatic rings. The highest BCUT2D eigenvalue weighted by atomic mass is 16.2. The van der Waals surface area contributed by atoms with Crippen LogP contribution in [0.4, 0.5) is 0 Å². The number of carbonyl (C=O) groups excluding carboxylic acids is 4. The van der Waals surface area contributed by atoms with Gasteiger partial charge in [-0.3, -0.25) is 19.2 Å². The third kappa shape index (κ3) is 25.1. The van der Waals surface area contributed by atoms with Crippen molar-refractivity contribution in [3.63, 3.8) is 0 Å². The quantitative estimate of drug-likeness (QED) is 0.0446. The summed E-state index contributed by atoms with van der Waals surface area (Å²) in [5, 5.41) is 11.1. The van der Waals surface area contributed by atoms with E-state index < -0.39 is 0 Å². The Balaban J connectivity index is 4.50. The molecule has 0 spiro atoms. The molecule has 0 heterocycles. The van der Waals surface area contributed by atoms with Crippen LogP contribution in [0.5, 0.6) is 0 Å². The summed E-state index contributed by atoms with van der Waals surface area (Å²) < 4.78 is 0. The number of carbonyl (C=O) groups is 4. The first-order valence-corrected chi connectivity index (χ1v) is 15.2. The van der Waals surface area contributed by atoms with E-state index in [1.807, 2.05) is 0 Å². The molecule has 240 valence electrons. The Hall–Kier alpha value is -2.36. The van der Waals surface area contributed by atoms with Crippen molar-refractivity contribution in [2.75, 3.05) is 91.6 Å². The molecule has 0 saturated carbocycles. The molecule has 0 saturated heterocycles. The Morgan fingerprint density at radius 1 is 0.390 bits per heavy atom. The largest absolute Gasteiger partial charge is 0.355 e. The molecule has 0 bridgehead atoms. The molecule has 0 unspecified atom stereocenters. The molecule has 41 heavy (non-hydrogen) atoms. The molecule has 0 aliphatic carbocycles. The summed E-state index contributed by atoms with van der Waals surface area (Å²) in [6.07, 6.45) is 6.56. The van der Waals surface area contributed by atoms with Crippen LogP contribution in [-0.4, -0.2) is 125 Å². The zero-order chi connectivity index (χ0) is 30.6. The van der Waals surface area contributed by atoms with Gasteiger partial charge in [0.2, 0.25) is 23.6 Å². The van der Waals surface area contributed by atoms with Gasteiger partial charge in [-0.25, -0.2) is 0 Å². The average molecular weight is 587 g/mol. The highest BCUT2D eigenvalue weighted by molar-refractivity contribution is 5.77. The SMILES string of the molecule is NCCNC(=O)CCN(CCCCCCCN(CCC(=O)NCCN)CCC(=O)NCCN)CCC(=O)NCCN. The summed E-state index contributed by atoms with van der Waals surface area (Å²) >= 11 is 0. The minimum Gasteiger partial charge on any atom is -0.355 e. The molecule has 4 amide bonds. The monoisotopic (exact) mass is 586 g/mol. The Labute approximate surface area is 246 Å². The van der Waals surface area contributed by atoms with Crippen LogP contribution in [-0.2, 0) is 19.2 Å². The van der Waals surface area contributed by atoms with Crippen LogP contribution >= 0.6 is 0 Å². The fourth-order valence-electron chi connectivity index (χ4n) is 4.11. The van der Waals surface area contributed by atoms with Crippen molar-refractivity contribution in [3.05, 3.63) is 0 Å². The van der Waals surface area contributed by atoms with E-state index in [0.29, 0.717) is 104 Å². The van der Waals surface area contributed by atoms with Crippen molar-refractivity contribution in [1.82, 2.24) is 31.1 Å². The molecule has 0 aliphatic heterocycles. The summed E-state index contributed by atoms with van der Waals surface area (Å²) in [4.78, 5) is 52.3. The van der Waals surface area contributed by atoms with Gasteiger partial charge in [0, 0.05) is 104 Å². The number of amides is 4. The van der Waals surface area contributed by atoms with Crippen LogP contribution in [0, 0.1) is 0 Å². The lowest BCUT2D eigenvalue weighted by atomic mass is 10.1. The fraction of sp³-hybridized carbons (Fsp3) is 0.852. The first kappa shape index (κ1) is 38.6. The van der Waals surface area contributed by atoms with Gasteiger partial charge in [-0.05, 0) is 25.9 Å². The molecular weight excluding hydrogens is 528 g/mol. The second-order valence-electron chi connectivity index (χ2n) is 10.0. The lowest BCUT2D eigenvalue weighted by Crippen LogP contribution is -2.36. The summed E-state index contributed by atoms with van der Waals surface area (Å²) in [7, 11) is 0. The van der Waals surface area contributed by atoms with Gasteiger partial charge in [-0.1, -0.05) is 19.3 Å². The van der Waals surface area contributed by atoms with Gasteiger partial charge in [0.05, 0.1) is 0 Å². The third-order valence-corrected chi connectivity index (χ3v) is 6.44. The van der Waals surface area contributed by atoms with Gasteiger partial charge in [-0.15, -0.1) is 0 Å². The van der Waals surface area contributed by atoms with E-state index in [1.54, 1.807) is 0 Å². The highest BCUT2D eigenvalue weighted by Crippen LogP contribution is 2.08. The van der Waals surface area contributed by atoms with Crippen LogP contribution in [0.15, 0.2) is 0 Å². The first-order valence-electron chi connectivity index (χ1n) is 15.2. The maximum Gasteiger partial charge on any atom is 0.221 e. The topological polar surface area (TPSA) is 227 Å². The number of hydrogen-bond donors (Lipinski definition) is 8. The lowest BCUT2D eigenvalue weighted by Gasteiger charge is -2.22. The van der Waals surface area contributed by atoms with E-state index in [4.69, 9.17) is 22.9 Å². The maximum absolute atomic E-state index is 12.0. The molecule has 0 aliphatic rings. The van der Waals surface area contributed by atoms with Crippen molar-refractivity contribution in [2.45, 2.75) is 57.8 Å². The van der Waals surface area contributed by atoms with Crippen molar-refractivity contribution >= 4 is 23.6 Å². The van der Waals surface area contributed by atoms with E-state index in [-0.39, 0.29) is 23.6 Å². The molecule has 14 heteroatoms. The molecule has 0 fully saturated rings. The van der Waals surface area contributed by atoms with Crippen LogP contribution in [0.1, 0.15) is 57.8 Å². The second kappa shape index (κ2) is 27.8. The van der Waals surface area contributed by atoms with E-state index in [2.05, 4.69) is 31.1 Å². The van der Waals surface area contributed by atoms with Crippen molar-refractivity contribution in [3.8, 4) is 0 Å². The standard InChI is InChI=1S/C27H58N10O4/c28-10-14-32-24(38)6-20-36(21-7-25(39)33-15-11-29)18-4-2-1-3-5-19-37(22-8-26(40)34-16-12-30)23-9-27(41)35-17-13-31/h1-23,28-31H2,(H,32,38)(H,33,39)(H,34,40)(H,35,41).